The number of nitrogens with zero attached hydrogens (tertiary/aromatic N) is 4. The van der Waals surface area contributed by atoms with Crippen molar-refractivity contribution >= 4 is 23.4 Å². The molecule has 1 aromatic rings. The van der Waals surface area contributed by atoms with Gasteiger partial charge >= 0.3 is 6.03 Å². The molecule has 8 nitrogen and oxygen atoms in total. The van der Waals surface area contributed by atoms with Gasteiger partial charge in [-0.05, 0) is 45.4 Å². The quantitative estimate of drug-likeness (QED) is 0.800. The van der Waals surface area contributed by atoms with E-state index in [1.807, 2.05) is 45.1 Å². The maximum Gasteiger partial charge on any atom is 0.328 e. The molecule has 3 aliphatic heterocycles. The number of nitrogens with one attached hydrogen (secondary N) is 2. The molecular weight excluding hydrogens is 368 g/mol. The number of dihydropyridines is 1. The third-order valence-electron chi connectivity index (χ3n) is 5.75. The molecule has 2 bridgehead atoms. The first-order valence-corrected chi connectivity index (χ1v) is 10.0. The molecule has 4 heterocycles. The van der Waals surface area contributed by atoms with Crippen LogP contribution in [0.2, 0.25) is 0 Å². The molecule has 29 heavy (non-hydrogen) atoms. The first-order chi connectivity index (χ1) is 13.8. The van der Waals surface area contributed by atoms with Crippen molar-refractivity contribution in [2.24, 2.45) is 0 Å². The van der Waals surface area contributed by atoms with Gasteiger partial charge in [0.15, 0.2) is 5.82 Å². The van der Waals surface area contributed by atoms with Crippen molar-refractivity contribution in [3.63, 3.8) is 0 Å². The number of amides is 3. The average Bonchev–Trinajstić information content (AvgIpc) is 3.11. The molecule has 0 saturated carbocycles. The molecule has 1 atom stereocenters. The summed E-state index contributed by atoms with van der Waals surface area (Å²) in [6.45, 7) is 8.28. The number of pyridine rings is 1. The Kier molecular flexibility index (Phi) is 4.72. The molecule has 3 amide bonds. The van der Waals surface area contributed by atoms with Crippen molar-refractivity contribution in [2.75, 3.05) is 36.5 Å². The lowest BCUT2D eigenvalue weighted by Gasteiger charge is -2.36. The molecule has 0 radical (unpaired) electrons. The molecule has 2 N–H and O–H groups in total. The van der Waals surface area contributed by atoms with Crippen molar-refractivity contribution in [1.29, 1.82) is 0 Å². The van der Waals surface area contributed by atoms with E-state index in [0.29, 0.717) is 23.9 Å². The number of rotatable bonds is 2. The fourth-order valence-corrected chi connectivity index (χ4v) is 3.79. The van der Waals surface area contributed by atoms with Gasteiger partial charge in [-0.15, -0.1) is 0 Å². The van der Waals surface area contributed by atoms with Crippen molar-refractivity contribution in [3.05, 3.63) is 41.9 Å². The van der Waals surface area contributed by atoms with Gasteiger partial charge in [-0.1, -0.05) is 12.2 Å². The third kappa shape index (κ3) is 3.54. The highest BCUT2D eigenvalue weighted by molar-refractivity contribution is 5.99. The van der Waals surface area contributed by atoms with E-state index in [0.717, 1.165) is 25.2 Å². The molecule has 3 aliphatic rings. The average molecular weight is 396 g/mol. The van der Waals surface area contributed by atoms with Crippen LogP contribution in [0, 0.1) is 0 Å². The maximum absolute atomic E-state index is 13.1. The zero-order chi connectivity index (χ0) is 20.8. The Labute approximate surface area is 171 Å². The van der Waals surface area contributed by atoms with Crippen LogP contribution in [0.4, 0.5) is 16.3 Å². The van der Waals surface area contributed by atoms with Gasteiger partial charge in [0.2, 0.25) is 0 Å². The lowest BCUT2D eigenvalue weighted by Crippen LogP contribution is -2.52. The number of urea groups is 1. The first-order valence-electron chi connectivity index (χ1n) is 10.0. The Morgan fingerprint density at radius 3 is 2.79 bits per heavy atom. The first kappa shape index (κ1) is 19.3. The summed E-state index contributed by atoms with van der Waals surface area (Å²) in [5.74, 6) is 1.06. The van der Waals surface area contributed by atoms with Gasteiger partial charge in [-0.2, -0.15) is 0 Å². The Hall–Kier alpha value is -3.03. The normalized spacial score (nSPS) is 20.0. The third-order valence-corrected chi connectivity index (χ3v) is 5.75. The van der Waals surface area contributed by atoms with Gasteiger partial charge in [-0.3, -0.25) is 15.0 Å². The minimum absolute atomic E-state index is 0.0421. The molecule has 4 rings (SSSR count). The largest absolute Gasteiger partial charge is 0.368 e. The Morgan fingerprint density at radius 2 is 2.10 bits per heavy atom. The monoisotopic (exact) mass is 396 g/mol. The zero-order valence-electron chi connectivity index (χ0n) is 17.4. The predicted molar refractivity (Wildman–Crippen MR) is 113 cm³/mol. The van der Waals surface area contributed by atoms with Crippen molar-refractivity contribution < 1.29 is 9.59 Å². The van der Waals surface area contributed by atoms with E-state index in [9.17, 15) is 9.59 Å². The molecule has 154 valence electrons. The topological polar surface area (TPSA) is 80.8 Å². The van der Waals surface area contributed by atoms with Crippen LogP contribution >= 0.6 is 0 Å². The summed E-state index contributed by atoms with van der Waals surface area (Å²) in [4.78, 5) is 36.4. The Bertz CT molecular complexity index is 901. The van der Waals surface area contributed by atoms with E-state index in [1.54, 1.807) is 22.9 Å². The molecule has 0 aliphatic carbocycles. The fourth-order valence-electron chi connectivity index (χ4n) is 3.79. The smallest absolute Gasteiger partial charge is 0.328 e. The van der Waals surface area contributed by atoms with Crippen molar-refractivity contribution in [3.8, 4) is 0 Å². The highest BCUT2D eigenvalue weighted by Gasteiger charge is 2.41. The summed E-state index contributed by atoms with van der Waals surface area (Å²) in [6, 6.07) is 3.48. The molecule has 0 spiro atoms. The summed E-state index contributed by atoms with van der Waals surface area (Å²) in [7, 11) is 1.77. The zero-order valence-corrected chi connectivity index (χ0v) is 17.4. The lowest BCUT2D eigenvalue weighted by atomic mass is 10.1. The predicted octanol–water partition coefficient (Wildman–Crippen LogP) is 2.06. The number of aromatic nitrogens is 1. The van der Waals surface area contributed by atoms with Crippen LogP contribution in [0.1, 0.15) is 37.7 Å². The van der Waals surface area contributed by atoms with Crippen LogP contribution in [0.15, 0.2) is 36.2 Å². The molecule has 0 aromatic carbocycles. The van der Waals surface area contributed by atoms with Gasteiger partial charge < -0.3 is 15.1 Å². The highest BCUT2D eigenvalue weighted by atomic mass is 16.2. The minimum Gasteiger partial charge on any atom is -0.368 e. The van der Waals surface area contributed by atoms with Gasteiger partial charge in [0, 0.05) is 32.2 Å². The van der Waals surface area contributed by atoms with Gasteiger partial charge in [0.05, 0.1) is 11.7 Å². The summed E-state index contributed by atoms with van der Waals surface area (Å²) in [5.41, 5.74) is 0.926. The Morgan fingerprint density at radius 1 is 1.31 bits per heavy atom. The van der Waals surface area contributed by atoms with E-state index in [4.69, 9.17) is 0 Å². The lowest BCUT2D eigenvalue weighted by molar-refractivity contribution is 0.0649. The van der Waals surface area contributed by atoms with E-state index in [-0.39, 0.29) is 23.5 Å². The maximum atomic E-state index is 13.1. The molecular formula is C21H28N6O2. The van der Waals surface area contributed by atoms with Crippen LogP contribution in [0.25, 0.3) is 0 Å². The number of hydrogen-bond acceptors (Lipinski definition) is 5. The van der Waals surface area contributed by atoms with E-state index in [1.165, 1.54) is 0 Å². The van der Waals surface area contributed by atoms with Crippen molar-refractivity contribution in [2.45, 2.75) is 38.8 Å². The number of allylic oxidation sites excluding steroid dienone is 2. The molecule has 8 heteroatoms. The number of hydrogen-bond donors (Lipinski definition) is 2. The second kappa shape index (κ2) is 7.09. The van der Waals surface area contributed by atoms with Gasteiger partial charge in [0.1, 0.15) is 11.5 Å². The second-order valence-corrected chi connectivity index (χ2v) is 8.65. The molecule has 1 fully saturated rings. The molecule has 1 saturated heterocycles. The van der Waals surface area contributed by atoms with Crippen LogP contribution in [0.3, 0.4) is 0 Å². The molecule has 0 unspecified atom stereocenters. The summed E-state index contributed by atoms with van der Waals surface area (Å²) in [6.07, 6.45) is 6.59. The summed E-state index contributed by atoms with van der Waals surface area (Å²) in [5, 5.41) is 6.08. The Balaban J connectivity index is 1.67. The number of carbonyl (C=O) groups excluding carboxylic acids is 2. The van der Waals surface area contributed by atoms with E-state index >= 15 is 0 Å². The SMILES string of the molecule is CN(C(=O)c1ccc2c(n1)N(C(=O)NC1=CC=CCN1)[C@H]1CCN2C1)C(C)(C)C. The highest BCUT2D eigenvalue weighted by Crippen LogP contribution is 2.39. The van der Waals surface area contributed by atoms with E-state index in [2.05, 4.69) is 20.5 Å². The minimum atomic E-state index is -0.319. The molecule has 1 aromatic heterocycles. The standard InChI is InChI=1S/C21H28N6O2/c1-21(2,3)25(4)19(28)15-8-9-16-18(23-15)27(14-10-12-26(16)13-14)20(29)24-17-7-5-6-11-22-17/h5-9,14,22H,10-13H2,1-4H3,(H,24,29)/t14-/m0/s1. The van der Waals surface area contributed by atoms with Crippen LogP contribution in [-0.2, 0) is 0 Å². The number of fused-ring (bicyclic) bond motifs is 4. The summed E-state index contributed by atoms with van der Waals surface area (Å²) < 4.78 is 0. The van der Waals surface area contributed by atoms with E-state index < -0.39 is 0 Å². The number of carbonyl (C=O) groups is 2. The second-order valence-electron chi connectivity index (χ2n) is 8.65. The van der Waals surface area contributed by atoms with Crippen LogP contribution < -0.4 is 20.4 Å². The van der Waals surface area contributed by atoms with Crippen LogP contribution in [-0.4, -0.2) is 60.1 Å². The van der Waals surface area contributed by atoms with Crippen molar-refractivity contribution in [1.82, 2.24) is 20.5 Å². The fraction of sp³-hybridized carbons (Fsp3) is 0.476. The summed E-state index contributed by atoms with van der Waals surface area (Å²) >= 11 is 0. The van der Waals surface area contributed by atoms with Gasteiger partial charge in [0.25, 0.3) is 5.91 Å². The van der Waals surface area contributed by atoms with Gasteiger partial charge in [-0.25, -0.2) is 9.78 Å². The van der Waals surface area contributed by atoms with Crippen LogP contribution in [0.5, 0.6) is 0 Å². The number of anilines is 2.